The molecule has 4 N–H and O–H groups in total. The smallest absolute Gasteiger partial charge is 0.243 e. The highest BCUT2D eigenvalue weighted by Crippen LogP contribution is 2.39. The van der Waals surface area contributed by atoms with Crippen molar-refractivity contribution in [3.05, 3.63) is 71.5 Å². The number of hydrogen-bond acceptors (Lipinski definition) is 9. The molecule has 1 fully saturated rings. The zero-order valence-electron chi connectivity index (χ0n) is 21.7. The standard InChI is InChI=1S/C27H33N5O6S/c1-32-17-28-30-27(32)39-16-22-14-23(19-8-6-18(15-33)7-9-19)38-26(37-22)20-10-12-21(13-11-20)29-24(34)4-2-3-5-25(35)31-36/h6-13,17,22-23,26,33,36H,2-5,14-16H2,1H3,(H,29,34)(H,31,35)/t22-,23+,26+/m1/s1. The molecule has 3 atom stereocenters. The Balaban J connectivity index is 1.39. The second-order valence-corrected chi connectivity index (χ2v) is 10.3. The number of hydroxylamine groups is 1. The number of ether oxygens (including phenoxy) is 2. The van der Waals surface area contributed by atoms with Gasteiger partial charge in [0.1, 0.15) is 6.33 Å². The lowest BCUT2D eigenvalue weighted by Gasteiger charge is -2.36. The summed E-state index contributed by atoms with van der Waals surface area (Å²) in [5, 5.41) is 29.7. The van der Waals surface area contributed by atoms with Gasteiger partial charge in [0.15, 0.2) is 11.4 Å². The van der Waals surface area contributed by atoms with Crippen molar-refractivity contribution in [2.45, 2.75) is 62.4 Å². The highest BCUT2D eigenvalue weighted by atomic mass is 32.2. The van der Waals surface area contributed by atoms with Crippen LogP contribution in [0.5, 0.6) is 0 Å². The van der Waals surface area contributed by atoms with Gasteiger partial charge in [0.2, 0.25) is 11.8 Å². The van der Waals surface area contributed by atoms with Crippen LogP contribution in [0.4, 0.5) is 5.69 Å². The molecule has 3 aromatic rings. The molecular weight excluding hydrogens is 522 g/mol. The molecule has 1 aromatic heterocycles. The maximum absolute atomic E-state index is 12.3. The van der Waals surface area contributed by atoms with Crippen LogP contribution in [0.15, 0.2) is 60.0 Å². The number of nitrogens with zero attached hydrogens (tertiary/aromatic N) is 3. The van der Waals surface area contributed by atoms with Crippen molar-refractivity contribution in [1.82, 2.24) is 20.2 Å². The summed E-state index contributed by atoms with van der Waals surface area (Å²) in [5.41, 5.74) is 4.91. The first-order valence-corrected chi connectivity index (χ1v) is 13.7. The van der Waals surface area contributed by atoms with Crippen molar-refractivity contribution in [1.29, 1.82) is 0 Å². The summed E-state index contributed by atoms with van der Waals surface area (Å²) in [6.45, 7) is -0.0156. The van der Waals surface area contributed by atoms with E-state index in [0.717, 1.165) is 21.8 Å². The average Bonchev–Trinajstić information content (AvgIpc) is 3.38. The molecule has 1 aliphatic heterocycles. The van der Waals surface area contributed by atoms with Gasteiger partial charge in [-0.2, -0.15) is 0 Å². The van der Waals surface area contributed by atoms with Crippen LogP contribution in [0.2, 0.25) is 0 Å². The Morgan fingerprint density at radius 3 is 2.36 bits per heavy atom. The number of nitrogens with one attached hydrogen (secondary N) is 2. The van der Waals surface area contributed by atoms with Crippen LogP contribution in [-0.2, 0) is 32.7 Å². The summed E-state index contributed by atoms with van der Waals surface area (Å²) >= 11 is 1.57. The van der Waals surface area contributed by atoms with Crippen molar-refractivity contribution in [3.8, 4) is 0 Å². The summed E-state index contributed by atoms with van der Waals surface area (Å²) in [6.07, 6.45) is 2.90. The predicted octanol–water partition coefficient (Wildman–Crippen LogP) is 3.65. The number of amides is 2. The van der Waals surface area contributed by atoms with Crippen molar-refractivity contribution in [2.75, 3.05) is 11.1 Å². The van der Waals surface area contributed by atoms with Gasteiger partial charge in [0, 0.05) is 43.3 Å². The Bertz CT molecular complexity index is 1220. The number of aromatic nitrogens is 3. The first-order valence-electron chi connectivity index (χ1n) is 12.8. The topological polar surface area (TPSA) is 148 Å². The maximum Gasteiger partial charge on any atom is 0.243 e. The summed E-state index contributed by atoms with van der Waals surface area (Å²) in [4.78, 5) is 23.3. The molecule has 0 unspecified atom stereocenters. The molecule has 2 heterocycles. The molecule has 0 radical (unpaired) electrons. The summed E-state index contributed by atoms with van der Waals surface area (Å²) in [5.74, 6) is 0.0627. The summed E-state index contributed by atoms with van der Waals surface area (Å²) in [6, 6.07) is 15.1. The van der Waals surface area contributed by atoms with Gasteiger partial charge >= 0.3 is 0 Å². The normalized spacial score (nSPS) is 19.0. The first kappa shape index (κ1) is 28.7. The fourth-order valence-electron chi connectivity index (χ4n) is 4.17. The lowest BCUT2D eigenvalue weighted by molar-refractivity contribution is -0.245. The second-order valence-electron chi connectivity index (χ2n) is 9.30. The number of hydrogen-bond donors (Lipinski definition) is 4. The van der Waals surface area contributed by atoms with Crippen LogP contribution >= 0.6 is 11.8 Å². The van der Waals surface area contributed by atoms with Crippen LogP contribution in [0, 0.1) is 0 Å². The lowest BCUT2D eigenvalue weighted by atomic mass is 10.0. The van der Waals surface area contributed by atoms with E-state index in [1.807, 2.05) is 60.1 Å². The minimum atomic E-state index is -0.603. The van der Waals surface area contributed by atoms with E-state index in [1.54, 1.807) is 23.6 Å². The molecule has 208 valence electrons. The quantitative estimate of drug-likeness (QED) is 0.114. The Morgan fingerprint density at radius 2 is 1.72 bits per heavy atom. The van der Waals surface area contributed by atoms with Crippen LogP contribution in [-0.4, -0.2) is 48.7 Å². The van der Waals surface area contributed by atoms with Gasteiger partial charge in [-0.1, -0.05) is 48.2 Å². The summed E-state index contributed by atoms with van der Waals surface area (Å²) in [7, 11) is 1.90. The Hall–Kier alpha value is -3.29. The molecule has 4 rings (SSSR count). The van der Waals surface area contributed by atoms with Crippen molar-refractivity contribution in [3.63, 3.8) is 0 Å². The molecule has 1 aliphatic rings. The van der Waals surface area contributed by atoms with E-state index in [0.29, 0.717) is 30.7 Å². The van der Waals surface area contributed by atoms with Crippen LogP contribution < -0.4 is 10.8 Å². The number of aliphatic hydroxyl groups excluding tert-OH is 1. The van der Waals surface area contributed by atoms with Gasteiger partial charge < -0.3 is 24.5 Å². The third-order valence-corrected chi connectivity index (χ3v) is 7.50. The van der Waals surface area contributed by atoms with E-state index >= 15 is 0 Å². The second kappa shape index (κ2) is 14.2. The largest absolute Gasteiger partial charge is 0.392 e. The highest BCUT2D eigenvalue weighted by Gasteiger charge is 2.32. The zero-order chi connectivity index (χ0) is 27.6. The van der Waals surface area contributed by atoms with Gasteiger partial charge in [-0.3, -0.25) is 14.8 Å². The Labute approximate surface area is 230 Å². The number of unbranched alkanes of at least 4 members (excludes halogenated alkanes) is 1. The zero-order valence-corrected chi connectivity index (χ0v) is 22.5. The SMILES string of the molecule is Cn1cnnc1SC[C@H]1C[C@@H](c2ccc(CO)cc2)O[C@@H](c2ccc(NC(=O)CCCCC(=O)NO)cc2)O1. The van der Waals surface area contributed by atoms with Gasteiger partial charge in [-0.05, 0) is 36.1 Å². The van der Waals surface area contributed by atoms with Crippen LogP contribution in [0.1, 0.15) is 61.2 Å². The molecule has 0 aliphatic carbocycles. The highest BCUT2D eigenvalue weighted by molar-refractivity contribution is 7.99. The Kier molecular flexibility index (Phi) is 10.5. The molecule has 12 heteroatoms. The third kappa shape index (κ3) is 8.35. The third-order valence-electron chi connectivity index (χ3n) is 6.33. The Morgan fingerprint density at radius 1 is 1.03 bits per heavy atom. The number of carbonyl (C=O) groups excluding carboxylic acids is 2. The summed E-state index contributed by atoms with van der Waals surface area (Å²) < 4.78 is 14.6. The van der Waals surface area contributed by atoms with Crippen LogP contribution in [0.3, 0.4) is 0 Å². The van der Waals surface area contributed by atoms with Crippen LogP contribution in [0.25, 0.3) is 0 Å². The number of rotatable bonds is 12. The maximum atomic E-state index is 12.3. The lowest BCUT2D eigenvalue weighted by Crippen LogP contribution is -2.31. The number of carbonyl (C=O) groups is 2. The first-order chi connectivity index (χ1) is 18.9. The van der Waals surface area contributed by atoms with Gasteiger partial charge in [0.05, 0.1) is 18.8 Å². The molecule has 11 nitrogen and oxygen atoms in total. The number of benzene rings is 2. The minimum absolute atomic E-state index is 0.0156. The molecule has 39 heavy (non-hydrogen) atoms. The molecule has 1 saturated heterocycles. The van der Waals surface area contributed by atoms with E-state index in [4.69, 9.17) is 14.7 Å². The van der Waals surface area contributed by atoms with Crippen molar-refractivity contribution >= 4 is 29.3 Å². The molecule has 0 saturated carbocycles. The molecule has 0 spiro atoms. The van der Waals surface area contributed by atoms with E-state index in [-0.39, 0.29) is 37.6 Å². The number of thioether (sulfide) groups is 1. The van der Waals surface area contributed by atoms with E-state index < -0.39 is 12.2 Å². The molecule has 2 amide bonds. The molecule has 0 bridgehead atoms. The van der Waals surface area contributed by atoms with Crippen molar-refractivity contribution < 1.29 is 29.4 Å². The fraction of sp³-hybridized carbons (Fsp3) is 0.407. The number of aryl methyl sites for hydroxylation is 1. The number of anilines is 1. The van der Waals surface area contributed by atoms with E-state index in [1.165, 1.54) is 0 Å². The minimum Gasteiger partial charge on any atom is -0.392 e. The predicted molar refractivity (Wildman–Crippen MR) is 144 cm³/mol. The van der Waals surface area contributed by atoms with E-state index in [2.05, 4.69) is 15.5 Å². The fourth-order valence-corrected chi connectivity index (χ4v) is 5.07. The molecular formula is C27H33N5O6S. The van der Waals surface area contributed by atoms with Crippen molar-refractivity contribution in [2.24, 2.45) is 7.05 Å². The monoisotopic (exact) mass is 555 g/mol. The average molecular weight is 556 g/mol. The number of aliphatic hydroxyl groups is 1. The van der Waals surface area contributed by atoms with Gasteiger partial charge in [0.25, 0.3) is 0 Å². The van der Waals surface area contributed by atoms with Gasteiger partial charge in [-0.15, -0.1) is 10.2 Å². The van der Waals surface area contributed by atoms with Gasteiger partial charge in [-0.25, -0.2) is 5.48 Å². The molecule has 2 aromatic carbocycles. The van der Waals surface area contributed by atoms with E-state index in [9.17, 15) is 14.7 Å².